The highest BCUT2D eigenvalue weighted by atomic mass is 32.2. The highest BCUT2D eigenvalue weighted by Crippen LogP contribution is 2.17. The standard InChI is InChI=1S/C8H9NOS/c1-2-8(10)11-7-4-3-5-9-6-7/h3-6H,2H2,1H3. The van der Waals surface area contributed by atoms with E-state index in [-0.39, 0.29) is 5.12 Å². The van der Waals surface area contributed by atoms with Crippen molar-refractivity contribution < 1.29 is 4.79 Å². The van der Waals surface area contributed by atoms with Crippen LogP contribution in [-0.2, 0) is 4.79 Å². The molecular weight excluding hydrogens is 158 g/mol. The summed E-state index contributed by atoms with van der Waals surface area (Å²) in [4.78, 5) is 15.7. The highest BCUT2D eigenvalue weighted by Gasteiger charge is 1.99. The Labute approximate surface area is 70.0 Å². The van der Waals surface area contributed by atoms with E-state index in [0.29, 0.717) is 6.42 Å². The first-order valence-electron chi connectivity index (χ1n) is 3.43. The van der Waals surface area contributed by atoms with Gasteiger partial charge in [0.05, 0.1) is 0 Å². The number of hydrogen-bond donors (Lipinski definition) is 0. The lowest BCUT2D eigenvalue weighted by Gasteiger charge is -1.94. The number of thioether (sulfide) groups is 1. The fraction of sp³-hybridized carbons (Fsp3) is 0.250. The Morgan fingerprint density at radius 1 is 1.73 bits per heavy atom. The summed E-state index contributed by atoms with van der Waals surface area (Å²) in [6.07, 6.45) is 3.96. The van der Waals surface area contributed by atoms with Crippen LogP contribution in [0.3, 0.4) is 0 Å². The lowest BCUT2D eigenvalue weighted by atomic mass is 10.5. The fourth-order valence-corrected chi connectivity index (χ4v) is 1.28. The smallest absolute Gasteiger partial charge is 0.193 e. The van der Waals surface area contributed by atoms with E-state index < -0.39 is 0 Å². The van der Waals surface area contributed by atoms with Crippen LogP contribution in [0.4, 0.5) is 0 Å². The second-order valence-corrected chi connectivity index (χ2v) is 3.15. The van der Waals surface area contributed by atoms with Gasteiger partial charge in [-0.1, -0.05) is 18.7 Å². The minimum atomic E-state index is 0.179. The lowest BCUT2D eigenvalue weighted by Crippen LogP contribution is -1.86. The molecule has 2 nitrogen and oxygen atoms in total. The number of rotatable bonds is 2. The van der Waals surface area contributed by atoms with E-state index in [9.17, 15) is 4.79 Å². The Morgan fingerprint density at radius 3 is 3.09 bits per heavy atom. The number of aromatic nitrogens is 1. The number of pyridine rings is 1. The molecule has 0 radical (unpaired) electrons. The van der Waals surface area contributed by atoms with Gasteiger partial charge in [0.15, 0.2) is 5.12 Å². The normalized spacial score (nSPS) is 9.55. The van der Waals surface area contributed by atoms with Crippen molar-refractivity contribution in [2.24, 2.45) is 0 Å². The van der Waals surface area contributed by atoms with E-state index in [4.69, 9.17) is 0 Å². The second kappa shape index (κ2) is 4.13. The quantitative estimate of drug-likeness (QED) is 0.632. The van der Waals surface area contributed by atoms with Crippen molar-refractivity contribution in [2.75, 3.05) is 0 Å². The summed E-state index contributed by atoms with van der Waals surface area (Å²) in [6.45, 7) is 1.85. The van der Waals surface area contributed by atoms with E-state index in [2.05, 4.69) is 4.98 Å². The van der Waals surface area contributed by atoms with Gasteiger partial charge in [-0.2, -0.15) is 0 Å². The molecule has 0 amide bonds. The third kappa shape index (κ3) is 2.72. The molecule has 0 unspecified atom stereocenters. The predicted octanol–water partition coefficient (Wildman–Crippen LogP) is 2.11. The molecule has 58 valence electrons. The van der Waals surface area contributed by atoms with E-state index in [1.54, 1.807) is 12.4 Å². The molecule has 1 heterocycles. The SMILES string of the molecule is CCC(=O)Sc1cccnc1. The first kappa shape index (κ1) is 8.27. The largest absolute Gasteiger partial charge is 0.287 e. The maximum absolute atomic E-state index is 10.9. The molecule has 0 atom stereocenters. The Balaban J connectivity index is 2.58. The Morgan fingerprint density at radius 2 is 2.55 bits per heavy atom. The van der Waals surface area contributed by atoms with Crippen LogP contribution >= 0.6 is 11.8 Å². The Hall–Kier alpha value is -0.830. The molecule has 0 fully saturated rings. The topological polar surface area (TPSA) is 30.0 Å². The van der Waals surface area contributed by atoms with Crippen LogP contribution in [0.1, 0.15) is 13.3 Å². The average Bonchev–Trinajstić information content (AvgIpc) is 2.06. The van der Waals surface area contributed by atoms with Crippen molar-refractivity contribution in [1.82, 2.24) is 4.98 Å². The van der Waals surface area contributed by atoms with Gasteiger partial charge in [-0.25, -0.2) is 0 Å². The maximum Gasteiger partial charge on any atom is 0.193 e. The van der Waals surface area contributed by atoms with Gasteiger partial charge >= 0.3 is 0 Å². The van der Waals surface area contributed by atoms with Gasteiger partial charge in [0.1, 0.15) is 0 Å². The highest BCUT2D eigenvalue weighted by molar-refractivity contribution is 8.13. The number of nitrogens with zero attached hydrogens (tertiary/aromatic N) is 1. The van der Waals surface area contributed by atoms with Crippen molar-refractivity contribution in [1.29, 1.82) is 0 Å². The minimum absolute atomic E-state index is 0.179. The predicted molar refractivity (Wildman–Crippen MR) is 45.4 cm³/mol. The maximum atomic E-state index is 10.9. The summed E-state index contributed by atoms with van der Waals surface area (Å²) in [7, 11) is 0. The van der Waals surface area contributed by atoms with Gasteiger partial charge in [-0.15, -0.1) is 0 Å². The van der Waals surface area contributed by atoms with E-state index in [1.165, 1.54) is 11.8 Å². The van der Waals surface area contributed by atoms with Crippen molar-refractivity contribution in [2.45, 2.75) is 18.2 Å². The van der Waals surface area contributed by atoms with Crippen LogP contribution in [0.15, 0.2) is 29.4 Å². The molecule has 0 aromatic carbocycles. The third-order valence-electron chi connectivity index (χ3n) is 1.15. The van der Waals surface area contributed by atoms with Crippen molar-refractivity contribution in [3.63, 3.8) is 0 Å². The molecule has 1 rings (SSSR count). The first-order chi connectivity index (χ1) is 5.33. The van der Waals surface area contributed by atoms with E-state index in [1.807, 2.05) is 19.1 Å². The molecular formula is C8H9NOS. The number of hydrogen-bond acceptors (Lipinski definition) is 3. The molecule has 0 aliphatic carbocycles. The average molecular weight is 167 g/mol. The minimum Gasteiger partial charge on any atom is -0.287 e. The van der Waals surface area contributed by atoms with Crippen LogP contribution in [0, 0.1) is 0 Å². The monoisotopic (exact) mass is 167 g/mol. The molecule has 1 aromatic rings. The van der Waals surface area contributed by atoms with Crippen molar-refractivity contribution in [3.05, 3.63) is 24.5 Å². The van der Waals surface area contributed by atoms with Crippen molar-refractivity contribution >= 4 is 16.9 Å². The van der Waals surface area contributed by atoms with Gasteiger partial charge in [-0.05, 0) is 12.1 Å². The molecule has 0 saturated heterocycles. The molecule has 0 aliphatic rings. The molecule has 3 heteroatoms. The summed E-state index contributed by atoms with van der Waals surface area (Å²) in [5.41, 5.74) is 0. The Kier molecular flexibility index (Phi) is 3.11. The van der Waals surface area contributed by atoms with Gasteiger partial charge < -0.3 is 0 Å². The Bertz CT molecular complexity index is 235. The van der Waals surface area contributed by atoms with Gasteiger partial charge in [0.25, 0.3) is 0 Å². The molecule has 0 N–H and O–H groups in total. The molecule has 11 heavy (non-hydrogen) atoms. The number of carbonyl (C=O) groups excluding carboxylic acids is 1. The second-order valence-electron chi connectivity index (χ2n) is 2.02. The van der Waals surface area contributed by atoms with Gasteiger partial charge in [-0.3, -0.25) is 9.78 Å². The summed E-state index contributed by atoms with van der Waals surface area (Å²) < 4.78 is 0. The molecule has 0 spiro atoms. The van der Waals surface area contributed by atoms with Crippen LogP contribution in [0.25, 0.3) is 0 Å². The van der Waals surface area contributed by atoms with Crippen LogP contribution in [-0.4, -0.2) is 10.1 Å². The third-order valence-corrected chi connectivity index (χ3v) is 2.15. The van der Waals surface area contributed by atoms with Gasteiger partial charge in [0, 0.05) is 23.7 Å². The lowest BCUT2D eigenvalue weighted by molar-refractivity contribution is -0.110. The van der Waals surface area contributed by atoms with Crippen molar-refractivity contribution in [3.8, 4) is 0 Å². The number of carbonyl (C=O) groups is 1. The fourth-order valence-electron chi connectivity index (χ4n) is 0.611. The van der Waals surface area contributed by atoms with E-state index >= 15 is 0 Å². The zero-order valence-corrected chi connectivity index (χ0v) is 7.10. The van der Waals surface area contributed by atoms with Crippen LogP contribution < -0.4 is 0 Å². The molecule has 0 aliphatic heterocycles. The molecule has 1 aromatic heterocycles. The van der Waals surface area contributed by atoms with Crippen LogP contribution in [0.5, 0.6) is 0 Å². The zero-order chi connectivity index (χ0) is 8.10. The van der Waals surface area contributed by atoms with E-state index in [0.717, 1.165) is 4.90 Å². The van der Waals surface area contributed by atoms with Gasteiger partial charge in [0.2, 0.25) is 0 Å². The van der Waals surface area contributed by atoms with Crippen LogP contribution in [0.2, 0.25) is 0 Å². The zero-order valence-electron chi connectivity index (χ0n) is 6.28. The summed E-state index contributed by atoms with van der Waals surface area (Å²) in [5, 5.41) is 0.179. The molecule has 0 bridgehead atoms. The summed E-state index contributed by atoms with van der Waals surface area (Å²) >= 11 is 1.24. The first-order valence-corrected chi connectivity index (χ1v) is 4.25. The summed E-state index contributed by atoms with van der Waals surface area (Å²) in [6, 6.07) is 3.70. The molecule has 0 saturated carbocycles. The summed E-state index contributed by atoms with van der Waals surface area (Å²) in [5.74, 6) is 0.